The van der Waals surface area contributed by atoms with Gasteiger partial charge in [0.15, 0.2) is 21.5 Å². The molecule has 1 aliphatic carbocycles. The summed E-state index contributed by atoms with van der Waals surface area (Å²) in [6.45, 7) is 0.344. The van der Waals surface area contributed by atoms with E-state index in [0.717, 1.165) is 31.2 Å². The largest absolute Gasteiger partial charge is 0.351 e. The Hall–Kier alpha value is -2.23. The van der Waals surface area contributed by atoms with Gasteiger partial charge in [0.1, 0.15) is 0 Å². The molecule has 3 rings (SSSR count). The lowest BCUT2D eigenvalue weighted by molar-refractivity contribution is 0.0270. The molecule has 1 amide bonds. The minimum Gasteiger partial charge on any atom is -0.351 e. The molecule has 1 aliphatic rings. The van der Waals surface area contributed by atoms with Crippen LogP contribution in [0.2, 0.25) is 5.02 Å². The van der Waals surface area contributed by atoms with Crippen LogP contribution in [-0.2, 0) is 14.7 Å². The molecule has 0 bridgehead atoms. The highest BCUT2D eigenvalue weighted by atomic mass is 35.5. The molecule has 0 radical (unpaired) electrons. The third-order valence-corrected chi connectivity index (χ3v) is 5.57. The number of hydrogen-bond acceptors (Lipinski definition) is 5. The molecule has 0 aromatic heterocycles. The molecule has 0 aliphatic heterocycles. The molecule has 0 atom stereocenters. The van der Waals surface area contributed by atoms with E-state index in [-0.39, 0.29) is 21.2 Å². The Morgan fingerprint density at radius 3 is 2.57 bits per heavy atom. The molecule has 6 nitrogen and oxygen atoms in total. The molecule has 2 aromatic carbocycles. The summed E-state index contributed by atoms with van der Waals surface area (Å²) in [4.78, 5) is 17.4. The van der Waals surface area contributed by atoms with Gasteiger partial charge in [-0.1, -0.05) is 11.6 Å². The second-order valence-corrected chi connectivity index (χ2v) is 8.93. The van der Waals surface area contributed by atoms with Crippen molar-refractivity contribution in [3.8, 4) is 0 Å². The molecule has 1 fully saturated rings. The molecule has 150 valence electrons. The second kappa shape index (κ2) is 8.02. The number of halogens is 3. The van der Waals surface area contributed by atoms with Crippen LogP contribution in [0.5, 0.6) is 0 Å². The van der Waals surface area contributed by atoms with Crippen molar-refractivity contribution in [1.29, 1.82) is 0 Å². The first-order valence-corrected chi connectivity index (χ1v) is 10.6. The smallest absolute Gasteiger partial charge is 0.277 e. The molecule has 2 N–H and O–H groups in total. The van der Waals surface area contributed by atoms with Crippen molar-refractivity contribution in [2.24, 2.45) is 5.92 Å². The van der Waals surface area contributed by atoms with E-state index in [0.29, 0.717) is 12.5 Å². The summed E-state index contributed by atoms with van der Waals surface area (Å²) in [5.74, 6) is -2.80. The Balaban J connectivity index is 1.88. The van der Waals surface area contributed by atoms with Gasteiger partial charge in [0.05, 0.1) is 33.5 Å². The average Bonchev–Trinajstić information content (AvgIpc) is 3.44. The number of carbonyl (C=O) groups is 1. The van der Waals surface area contributed by atoms with Crippen molar-refractivity contribution in [2.45, 2.75) is 17.7 Å². The first kappa shape index (κ1) is 20.5. The maximum Gasteiger partial charge on any atom is 0.277 e. The van der Waals surface area contributed by atoms with Gasteiger partial charge in [-0.25, -0.2) is 22.7 Å². The standard InChI is InChI=1S/C18H17ClF2N2O4S/c1-28(25,26)11-4-7-15(13(19)8-11)22-17-12(5-6-14(20)16(17)21)18(24)23-27-9-10-2-3-10/h4-8,10,22H,2-3,9H2,1H3,(H,23,24). The minimum absolute atomic E-state index is 0.0331. The molecule has 10 heteroatoms. The van der Waals surface area contributed by atoms with E-state index in [9.17, 15) is 22.0 Å². The van der Waals surface area contributed by atoms with Gasteiger partial charge in [0.2, 0.25) is 0 Å². The summed E-state index contributed by atoms with van der Waals surface area (Å²) < 4.78 is 51.3. The number of amides is 1. The van der Waals surface area contributed by atoms with Gasteiger partial charge in [-0.05, 0) is 49.1 Å². The van der Waals surface area contributed by atoms with Crippen LogP contribution in [0.25, 0.3) is 0 Å². The highest BCUT2D eigenvalue weighted by Crippen LogP contribution is 2.32. The zero-order chi connectivity index (χ0) is 20.5. The van der Waals surface area contributed by atoms with Crippen molar-refractivity contribution in [1.82, 2.24) is 5.48 Å². The number of benzene rings is 2. The van der Waals surface area contributed by atoms with E-state index in [1.807, 2.05) is 0 Å². The van der Waals surface area contributed by atoms with Crippen LogP contribution in [0.15, 0.2) is 35.2 Å². The van der Waals surface area contributed by atoms with Gasteiger partial charge in [-0.15, -0.1) is 0 Å². The normalized spacial score (nSPS) is 14.0. The lowest BCUT2D eigenvalue weighted by atomic mass is 10.1. The molecule has 28 heavy (non-hydrogen) atoms. The summed E-state index contributed by atoms with van der Waals surface area (Å²) in [5, 5.41) is 2.52. The lowest BCUT2D eigenvalue weighted by Crippen LogP contribution is -2.26. The topological polar surface area (TPSA) is 84.5 Å². The molecule has 0 spiro atoms. The number of rotatable bonds is 7. The lowest BCUT2D eigenvalue weighted by Gasteiger charge is -2.15. The first-order valence-electron chi connectivity index (χ1n) is 8.33. The molecular weight excluding hydrogens is 414 g/mol. The summed E-state index contributed by atoms with van der Waals surface area (Å²) >= 11 is 6.07. The molecular formula is C18H17ClF2N2O4S. The van der Waals surface area contributed by atoms with Gasteiger partial charge in [-0.3, -0.25) is 9.63 Å². The fourth-order valence-corrected chi connectivity index (χ4v) is 3.33. The maximum absolute atomic E-state index is 14.4. The maximum atomic E-state index is 14.4. The van der Waals surface area contributed by atoms with Crippen molar-refractivity contribution in [3.05, 3.63) is 52.6 Å². The predicted octanol–water partition coefficient (Wildman–Crippen LogP) is 3.84. The van der Waals surface area contributed by atoms with E-state index >= 15 is 0 Å². The monoisotopic (exact) mass is 430 g/mol. The summed E-state index contributed by atoms with van der Waals surface area (Å²) in [7, 11) is -3.49. The fourth-order valence-electron chi connectivity index (χ4n) is 2.39. The summed E-state index contributed by atoms with van der Waals surface area (Å²) in [6, 6.07) is 5.67. The first-order chi connectivity index (χ1) is 13.2. The molecule has 1 saturated carbocycles. The summed E-state index contributed by atoms with van der Waals surface area (Å²) in [6.07, 6.45) is 3.06. The Labute approximate surface area is 165 Å². The van der Waals surface area contributed by atoms with Gasteiger partial charge in [0.25, 0.3) is 5.91 Å². The minimum atomic E-state index is -3.49. The number of sulfone groups is 1. The number of nitrogens with one attached hydrogen (secondary N) is 2. The quantitative estimate of drug-likeness (QED) is 0.652. The van der Waals surface area contributed by atoms with E-state index in [2.05, 4.69) is 10.8 Å². The summed E-state index contributed by atoms with van der Waals surface area (Å²) in [5.41, 5.74) is 1.67. The van der Waals surface area contributed by atoms with Crippen LogP contribution in [0.4, 0.5) is 20.2 Å². The van der Waals surface area contributed by atoms with E-state index < -0.39 is 33.1 Å². The van der Waals surface area contributed by atoms with Gasteiger partial charge < -0.3 is 5.32 Å². The number of hydroxylamine groups is 1. The third-order valence-electron chi connectivity index (χ3n) is 4.15. The van der Waals surface area contributed by atoms with Crippen LogP contribution in [0.1, 0.15) is 23.2 Å². The highest BCUT2D eigenvalue weighted by molar-refractivity contribution is 7.90. The molecule has 0 saturated heterocycles. The van der Waals surface area contributed by atoms with Gasteiger partial charge in [0, 0.05) is 6.26 Å². The second-order valence-electron chi connectivity index (χ2n) is 6.51. The van der Waals surface area contributed by atoms with Crippen molar-refractivity contribution in [3.63, 3.8) is 0 Å². The Bertz CT molecular complexity index is 1030. The van der Waals surface area contributed by atoms with E-state index in [1.54, 1.807) is 0 Å². The Morgan fingerprint density at radius 2 is 1.96 bits per heavy atom. The predicted molar refractivity (Wildman–Crippen MR) is 100 cm³/mol. The van der Waals surface area contributed by atoms with E-state index in [4.69, 9.17) is 16.4 Å². The van der Waals surface area contributed by atoms with Crippen molar-refractivity contribution >= 4 is 38.7 Å². The van der Waals surface area contributed by atoms with Crippen molar-refractivity contribution < 1.29 is 26.8 Å². The van der Waals surface area contributed by atoms with Crippen LogP contribution in [0, 0.1) is 17.6 Å². The fraction of sp³-hybridized carbons (Fsp3) is 0.278. The van der Waals surface area contributed by atoms with E-state index in [1.165, 1.54) is 18.2 Å². The van der Waals surface area contributed by atoms with Crippen LogP contribution in [0.3, 0.4) is 0 Å². The zero-order valence-corrected chi connectivity index (χ0v) is 16.3. The van der Waals surface area contributed by atoms with Gasteiger partial charge in [-0.2, -0.15) is 0 Å². The van der Waals surface area contributed by atoms with Gasteiger partial charge >= 0.3 is 0 Å². The number of anilines is 2. The molecule has 0 heterocycles. The number of carbonyl (C=O) groups excluding carboxylic acids is 1. The molecule has 0 unspecified atom stereocenters. The number of hydrogen-bond donors (Lipinski definition) is 2. The average molecular weight is 431 g/mol. The Morgan fingerprint density at radius 1 is 1.25 bits per heavy atom. The third kappa shape index (κ3) is 4.78. The Kier molecular flexibility index (Phi) is 5.87. The van der Waals surface area contributed by atoms with Crippen LogP contribution < -0.4 is 10.8 Å². The van der Waals surface area contributed by atoms with Crippen LogP contribution >= 0.6 is 11.6 Å². The van der Waals surface area contributed by atoms with Crippen LogP contribution in [-0.4, -0.2) is 27.2 Å². The molecule has 2 aromatic rings. The SMILES string of the molecule is CS(=O)(=O)c1ccc(Nc2c(C(=O)NOCC3CC3)ccc(F)c2F)c(Cl)c1. The zero-order valence-electron chi connectivity index (χ0n) is 14.8. The highest BCUT2D eigenvalue weighted by Gasteiger charge is 2.24. The van der Waals surface area contributed by atoms with Crippen molar-refractivity contribution in [2.75, 3.05) is 18.2 Å².